The number of epoxide rings is 1. The van der Waals surface area contributed by atoms with E-state index in [4.69, 9.17) is 4.74 Å². The van der Waals surface area contributed by atoms with Crippen molar-refractivity contribution in [1.82, 2.24) is 0 Å². The highest BCUT2D eigenvalue weighted by Gasteiger charge is 2.96. The monoisotopic (exact) mass is 387 g/mol. The Kier molecular flexibility index (Phi) is 2.56. The van der Waals surface area contributed by atoms with Gasteiger partial charge in [-0.2, -0.15) is 0 Å². The second kappa shape index (κ2) is 4.69. The molecular formula is C25H25NO3. The van der Waals surface area contributed by atoms with Gasteiger partial charge in [-0.15, -0.1) is 0 Å². The number of carbonyl (C=O) groups excluding carboxylic acids is 2. The van der Waals surface area contributed by atoms with E-state index in [2.05, 4.69) is 0 Å². The van der Waals surface area contributed by atoms with Crippen LogP contribution in [0.5, 0.6) is 0 Å². The minimum Gasteiger partial charge on any atom is -0.361 e. The van der Waals surface area contributed by atoms with E-state index in [0.29, 0.717) is 11.8 Å². The number of allylic oxidation sites excluding steroid dienone is 1. The summed E-state index contributed by atoms with van der Waals surface area (Å²) >= 11 is 0. The number of anilines is 1. The number of imide groups is 1. The first kappa shape index (κ1) is 15.8. The number of ether oxygens (including phenoxy) is 1. The molecule has 4 nitrogen and oxygen atoms in total. The van der Waals surface area contributed by atoms with E-state index in [9.17, 15) is 9.59 Å². The number of carbonyl (C=O) groups is 2. The molecule has 0 N–H and O–H groups in total. The number of nitrogens with zero attached hydrogens (tertiary/aromatic N) is 1. The van der Waals surface area contributed by atoms with E-state index < -0.39 is 0 Å². The van der Waals surface area contributed by atoms with Crippen LogP contribution in [0.25, 0.3) is 0 Å². The zero-order valence-corrected chi connectivity index (χ0v) is 16.5. The average Bonchev–Trinajstić information content (AvgIpc) is 3.36. The molecule has 8 atom stereocenters. The van der Waals surface area contributed by atoms with Gasteiger partial charge in [0.1, 0.15) is 11.2 Å². The SMILES string of the molecule is O=C1[C@@H]2[C@H](C(=O)N1c1ccccc1)[C@H]1C(=C3CCCC3)[C@H]2[C@@]23O[C@@]12[C@H]1CC[C@H]3C1. The third-order valence-electron chi connectivity index (χ3n) is 9.89. The van der Waals surface area contributed by atoms with Gasteiger partial charge in [-0.05, 0) is 68.9 Å². The maximum absolute atomic E-state index is 13.7. The maximum Gasteiger partial charge on any atom is 0.238 e. The van der Waals surface area contributed by atoms with Gasteiger partial charge in [0.25, 0.3) is 0 Å². The van der Waals surface area contributed by atoms with Gasteiger partial charge in [0.15, 0.2) is 0 Å². The molecule has 1 aromatic rings. The number of hydrogen-bond acceptors (Lipinski definition) is 3. The summed E-state index contributed by atoms with van der Waals surface area (Å²) in [5, 5.41) is 0. The smallest absolute Gasteiger partial charge is 0.238 e. The predicted octanol–water partition coefficient (Wildman–Crippen LogP) is 3.86. The molecule has 4 heteroatoms. The lowest BCUT2D eigenvalue weighted by atomic mass is 9.64. The van der Waals surface area contributed by atoms with Gasteiger partial charge >= 0.3 is 0 Å². The lowest BCUT2D eigenvalue weighted by Gasteiger charge is -2.32. The molecule has 0 unspecified atom stereocenters. The Morgan fingerprint density at radius 1 is 0.862 bits per heavy atom. The lowest BCUT2D eigenvalue weighted by molar-refractivity contribution is -0.123. The zero-order chi connectivity index (χ0) is 19.1. The fraction of sp³-hybridized carbons (Fsp3) is 0.600. The Morgan fingerprint density at radius 3 is 2.03 bits per heavy atom. The Bertz CT molecular complexity index is 972. The van der Waals surface area contributed by atoms with E-state index >= 15 is 0 Å². The van der Waals surface area contributed by atoms with Crippen LogP contribution in [-0.4, -0.2) is 23.0 Å². The third-order valence-corrected chi connectivity index (χ3v) is 9.89. The van der Waals surface area contributed by atoms with E-state index in [-0.39, 0.29) is 46.7 Å². The van der Waals surface area contributed by atoms with Crippen molar-refractivity contribution in [2.45, 2.75) is 56.1 Å². The quantitative estimate of drug-likeness (QED) is 0.418. The summed E-state index contributed by atoms with van der Waals surface area (Å²) in [6, 6.07) is 9.56. The molecule has 1 aromatic carbocycles. The lowest BCUT2D eigenvalue weighted by Crippen LogP contribution is -2.46. The van der Waals surface area contributed by atoms with Crippen LogP contribution in [0.15, 0.2) is 41.5 Å². The van der Waals surface area contributed by atoms with Gasteiger partial charge in [-0.1, -0.05) is 29.3 Å². The summed E-state index contributed by atoms with van der Waals surface area (Å²) in [6.45, 7) is 0. The molecule has 8 rings (SSSR count). The van der Waals surface area contributed by atoms with Crippen molar-refractivity contribution in [2.75, 3.05) is 4.90 Å². The summed E-state index contributed by atoms with van der Waals surface area (Å²) < 4.78 is 6.74. The molecule has 2 heterocycles. The van der Waals surface area contributed by atoms with Crippen LogP contribution in [0.3, 0.4) is 0 Å². The standard InChI is InChI=1S/C25H25NO3/c27-22-18-19(23(28)26(22)16-8-2-1-3-9-16)21-17(13-6-4-5-7-13)20(18)24-14-10-11-15(12-14)25(21,24)29-24/h1-3,8-9,14-15,18-21H,4-7,10-12H2/t14-,15-,18-,19+,20+,21+,24-,25+/m0/s1. The van der Waals surface area contributed by atoms with Crippen LogP contribution in [0, 0.1) is 35.5 Å². The minimum absolute atomic E-state index is 0.0380. The van der Waals surface area contributed by atoms with Crippen molar-refractivity contribution in [3.63, 3.8) is 0 Å². The summed E-state index contributed by atoms with van der Waals surface area (Å²) in [6.07, 6.45) is 8.64. The van der Waals surface area contributed by atoms with Gasteiger partial charge in [-0.25, -0.2) is 0 Å². The Morgan fingerprint density at radius 2 is 1.45 bits per heavy atom. The summed E-state index contributed by atoms with van der Waals surface area (Å²) in [5.74, 6) is 1.25. The normalized spacial score (nSPS) is 50.6. The highest BCUT2D eigenvalue weighted by Crippen LogP contribution is 2.88. The molecule has 2 saturated heterocycles. The number of hydrogen-bond donors (Lipinski definition) is 0. The van der Waals surface area contributed by atoms with Crippen molar-refractivity contribution in [2.24, 2.45) is 35.5 Å². The average molecular weight is 387 g/mol. The highest BCUT2D eigenvalue weighted by atomic mass is 16.6. The Balaban J connectivity index is 1.33. The van der Waals surface area contributed by atoms with Gasteiger partial charge in [0.2, 0.25) is 11.8 Å². The predicted molar refractivity (Wildman–Crippen MR) is 106 cm³/mol. The second-order valence-corrected chi connectivity index (χ2v) is 10.5. The van der Waals surface area contributed by atoms with Crippen LogP contribution in [0.2, 0.25) is 0 Å². The first-order valence-corrected chi connectivity index (χ1v) is 11.5. The van der Waals surface area contributed by atoms with E-state index in [1.807, 2.05) is 30.3 Å². The zero-order valence-electron chi connectivity index (χ0n) is 16.5. The van der Waals surface area contributed by atoms with Crippen LogP contribution in [0.1, 0.15) is 44.9 Å². The van der Waals surface area contributed by atoms with Crippen molar-refractivity contribution >= 4 is 17.5 Å². The number of rotatable bonds is 1. The number of benzene rings is 1. The van der Waals surface area contributed by atoms with Crippen molar-refractivity contribution in [1.29, 1.82) is 0 Å². The molecule has 5 saturated carbocycles. The van der Waals surface area contributed by atoms with Crippen molar-refractivity contribution < 1.29 is 14.3 Å². The second-order valence-electron chi connectivity index (χ2n) is 10.5. The summed E-state index contributed by atoms with van der Waals surface area (Å²) in [4.78, 5) is 29.0. The van der Waals surface area contributed by atoms with Crippen LogP contribution in [-0.2, 0) is 14.3 Å². The Hall–Kier alpha value is -1.94. The number of amides is 2. The van der Waals surface area contributed by atoms with Gasteiger partial charge < -0.3 is 4.74 Å². The summed E-state index contributed by atoms with van der Waals surface area (Å²) in [5.41, 5.74) is 3.67. The fourth-order valence-corrected chi connectivity index (χ4v) is 9.29. The molecule has 7 aliphatic rings. The van der Waals surface area contributed by atoms with E-state index in [0.717, 1.165) is 5.69 Å². The van der Waals surface area contributed by atoms with Crippen LogP contribution in [0.4, 0.5) is 5.69 Å². The molecule has 0 spiro atoms. The topological polar surface area (TPSA) is 49.9 Å². The molecule has 0 radical (unpaired) electrons. The largest absolute Gasteiger partial charge is 0.361 e. The van der Waals surface area contributed by atoms with E-state index in [1.165, 1.54) is 55.4 Å². The van der Waals surface area contributed by atoms with Crippen molar-refractivity contribution in [3.8, 4) is 0 Å². The summed E-state index contributed by atoms with van der Waals surface area (Å²) in [7, 11) is 0. The molecule has 7 fully saturated rings. The molecule has 5 aliphatic carbocycles. The molecule has 4 bridgehead atoms. The first-order valence-electron chi connectivity index (χ1n) is 11.5. The minimum atomic E-state index is -0.189. The van der Waals surface area contributed by atoms with Crippen molar-refractivity contribution in [3.05, 3.63) is 41.5 Å². The maximum atomic E-state index is 13.7. The number of para-hydroxylation sites is 1. The molecule has 2 aliphatic heterocycles. The van der Waals surface area contributed by atoms with Crippen LogP contribution >= 0.6 is 0 Å². The van der Waals surface area contributed by atoms with Gasteiger partial charge in [0.05, 0.1) is 17.5 Å². The highest BCUT2D eigenvalue weighted by molar-refractivity contribution is 6.23. The van der Waals surface area contributed by atoms with Gasteiger partial charge in [0, 0.05) is 11.8 Å². The van der Waals surface area contributed by atoms with Crippen LogP contribution < -0.4 is 4.90 Å². The molecule has 2 amide bonds. The Labute approximate surface area is 170 Å². The third kappa shape index (κ3) is 1.42. The molecule has 148 valence electrons. The molecular weight excluding hydrogens is 362 g/mol. The molecule has 0 aromatic heterocycles. The number of fused-ring (bicyclic) bond motifs is 7. The van der Waals surface area contributed by atoms with Gasteiger partial charge in [-0.3, -0.25) is 14.5 Å². The first-order chi connectivity index (χ1) is 14.2. The van der Waals surface area contributed by atoms with E-state index in [1.54, 1.807) is 5.57 Å². The fourth-order valence-electron chi connectivity index (χ4n) is 9.29. The molecule has 29 heavy (non-hydrogen) atoms.